The van der Waals surface area contributed by atoms with E-state index in [9.17, 15) is 9.90 Å². The molecule has 2 aliphatic rings. The van der Waals surface area contributed by atoms with Crippen molar-refractivity contribution < 1.29 is 9.90 Å². The van der Waals surface area contributed by atoms with Crippen molar-refractivity contribution in [1.29, 1.82) is 0 Å². The van der Waals surface area contributed by atoms with Gasteiger partial charge in [0.25, 0.3) is 0 Å². The minimum atomic E-state index is -0.404. The third kappa shape index (κ3) is 3.93. The van der Waals surface area contributed by atoms with Gasteiger partial charge < -0.3 is 5.11 Å². The summed E-state index contributed by atoms with van der Waals surface area (Å²) >= 11 is 4.84. The fourth-order valence-corrected chi connectivity index (χ4v) is 6.97. The fourth-order valence-electron chi connectivity index (χ4n) is 6.01. The predicted molar refractivity (Wildman–Crippen MR) is 131 cm³/mol. The van der Waals surface area contributed by atoms with Gasteiger partial charge in [-0.1, -0.05) is 42.8 Å². The highest BCUT2D eigenvalue weighted by Crippen LogP contribution is 2.53. The number of carbonyl (C=O) groups is 1. The number of likely N-dealkylation sites (tertiary alicyclic amines) is 1. The number of carbonyl (C=O) groups excluding carboxylic acids is 1. The molecule has 1 saturated carbocycles. The highest BCUT2D eigenvalue weighted by molar-refractivity contribution is 9.10. The van der Waals surface area contributed by atoms with Crippen LogP contribution in [0, 0.1) is 10.8 Å². The molecule has 6 nitrogen and oxygen atoms in total. The van der Waals surface area contributed by atoms with Gasteiger partial charge in [-0.05, 0) is 59.7 Å². The molecule has 2 unspecified atom stereocenters. The number of hydrogen-bond acceptors (Lipinski definition) is 5. The molecule has 1 N–H and O–H groups in total. The van der Waals surface area contributed by atoms with Gasteiger partial charge in [-0.3, -0.25) is 14.3 Å². The molecule has 1 saturated heterocycles. The minimum absolute atomic E-state index is 0.0479. The lowest BCUT2D eigenvalue weighted by Crippen LogP contribution is -2.35. The topological polar surface area (TPSA) is 70.2 Å². The molecule has 3 aromatic rings. The SMILES string of the molecule is CC1(C)CC2CC(C)(CN2Cn2c(O)c(N=NC(=O)c3cccs3)c3cc(Br)ccc32)C1. The van der Waals surface area contributed by atoms with Crippen LogP contribution < -0.4 is 0 Å². The summed E-state index contributed by atoms with van der Waals surface area (Å²) in [6.45, 7) is 8.73. The monoisotopic (exact) mass is 514 g/mol. The van der Waals surface area contributed by atoms with Crippen LogP contribution in [0.15, 0.2) is 50.4 Å². The second-order valence-electron chi connectivity index (χ2n) is 10.3. The Morgan fingerprint density at radius 2 is 2.09 bits per heavy atom. The molecule has 1 aromatic carbocycles. The Morgan fingerprint density at radius 1 is 1.28 bits per heavy atom. The summed E-state index contributed by atoms with van der Waals surface area (Å²) < 4.78 is 2.79. The molecular formula is C24H27BrN4O2S. The molecular weight excluding hydrogens is 488 g/mol. The number of fused-ring (bicyclic) bond motifs is 3. The lowest BCUT2D eigenvalue weighted by molar-refractivity contribution is 0.0999. The predicted octanol–water partition coefficient (Wildman–Crippen LogP) is 6.95. The van der Waals surface area contributed by atoms with Gasteiger partial charge in [-0.15, -0.1) is 21.6 Å². The Kier molecular flexibility index (Phi) is 5.30. The van der Waals surface area contributed by atoms with E-state index in [0.717, 1.165) is 28.3 Å². The normalized spacial score (nSPS) is 25.2. The van der Waals surface area contributed by atoms with E-state index < -0.39 is 5.91 Å². The van der Waals surface area contributed by atoms with Crippen molar-refractivity contribution in [3.63, 3.8) is 0 Å². The van der Waals surface area contributed by atoms with E-state index in [2.05, 4.69) is 51.8 Å². The summed E-state index contributed by atoms with van der Waals surface area (Å²) in [5, 5.41) is 21.9. The average molecular weight is 515 g/mol. The van der Waals surface area contributed by atoms with Gasteiger partial charge in [0.15, 0.2) is 5.69 Å². The van der Waals surface area contributed by atoms with Crippen LogP contribution in [-0.4, -0.2) is 33.1 Å². The molecule has 1 aliphatic carbocycles. The smallest absolute Gasteiger partial charge is 0.305 e. The third-order valence-electron chi connectivity index (χ3n) is 6.79. The number of rotatable bonds is 4. The first-order valence-electron chi connectivity index (χ1n) is 10.9. The van der Waals surface area contributed by atoms with E-state index in [1.165, 1.54) is 24.2 Å². The molecule has 0 radical (unpaired) electrons. The van der Waals surface area contributed by atoms with E-state index in [1.807, 2.05) is 34.2 Å². The maximum absolute atomic E-state index is 12.3. The highest BCUT2D eigenvalue weighted by atomic mass is 79.9. The number of nitrogens with zero attached hydrogens (tertiary/aromatic N) is 4. The molecule has 2 bridgehead atoms. The lowest BCUT2D eigenvalue weighted by atomic mass is 9.65. The van der Waals surface area contributed by atoms with Crippen molar-refractivity contribution in [2.75, 3.05) is 6.54 Å². The molecule has 3 heterocycles. The van der Waals surface area contributed by atoms with Crippen LogP contribution in [-0.2, 0) is 6.67 Å². The van der Waals surface area contributed by atoms with E-state index in [1.54, 1.807) is 6.07 Å². The summed E-state index contributed by atoms with van der Waals surface area (Å²) in [6, 6.07) is 9.89. The van der Waals surface area contributed by atoms with Crippen LogP contribution in [0.25, 0.3) is 10.9 Å². The van der Waals surface area contributed by atoms with Gasteiger partial charge in [0.2, 0.25) is 5.88 Å². The maximum Gasteiger partial charge on any atom is 0.305 e. The zero-order valence-electron chi connectivity index (χ0n) is 18.5. The Bertz CT molecular complexity index is 1220. The number of benzene rings is 1. The van der Waals surface area contributed by atoms with Crippen molar-refractivity contribution in [2.24, 2.45) is 21.1 Å². The first kappa shape index (κ1) is 21.8. The van der Waals surface area contributed by atoms with Crippen LogP contribution in [0.5, 0.6) is 5.88 Å². The Labute approximate surface area is 200 Å². The number of aromatic hydroxyl groups is 1. The highest BCUT2D eigenvalue weighted by Gasteiger charge is 2.49. The van der Waals surface area contributed by atoms with Crippen molar-refractivity contribution in [2.45, 2.75) is 52.7 Å². The second-order valence-corrected chi connectivity index (χ2v) is 12.2. The number of amides is 1. The van der Waals surface area contributed by atoms with E-state index >= 15 is 0 Å². The zero-order chi connectivity index (χ0) is 22.7. The molecule has 5 rings (SSSR count). The van der Waals surface area contributed by atoms with Crippen LogP contribution >= 0.6 is 27.3 Å². The van der Waals surface area contributed by atoms with Crippen molar-refractivity contribution >= 4 is 49.8 Å². The second kappa shape index (κ2) is 7.78. The van der Waals surface area contributed by atoms with E-state index in [-0.39, 0.29) is 5.88 Å². The molecule has 1 aliphatic heterocycles. The summed E-state index contributed by atoms with van der Waals surface area (Å²) in [5.41, 5.74) is 1.86. The van der Waals surface area contributed by atoms with Crippen molar-refractivity contribution in [1.82, 2.24) is 9.47 Å². The summed E-state index contributed by atoms with van der Waals surface area (Å²) in [6.07, 6.45) is 3.59. The summed E-state index contributed by atoms with van der Waals surface area (Å²) in [5.74, 6) is -0.356. The van der Waals surface area contributed by atoms with Gasteiger partial charge in [0, 0.05) is 22.4 Å². The van der Waals surface area contributed by atoms with E-state index in [4.69, 9.17) is 0 Å². The number of halogens is 1. The molecule has 0 spiro atoms. The minimum Gasteiger partial charge on any atom is -0.493 e. The van der Waals surface area contributed by atoms with Crippen molar-refractivity contribution in [3.8, 4) is 5.88 Å². The maximum atomic E-state index is 12.3. The average Bonchev–Trinajstić information content (AvgIpc) is 3.37. The van der Waals surface area contributed by atoms with Gasteiger partial charge in [0.05, 0.1) is 17.1 Å². The summed E-state index contributed by atoms with van der Waals surface area (Å²) in [4.78, 5) is 15.4. The number of aromatic nitrogens is 1. The van der Waals surface area contributed by atoms with Crippen LogP contribution in [0.3, 0.4) is 0 Å². The molecule has 2 atom stereocenters. The Morgan fingerprint density at radius 3 is 2.84 bits per heavy atom. The Balaban J connectivity index is 1.50. The van der Waals surface area contributed by atoms with Crippen LogP contribution in [0.1, 0.15) is 49.7 Å². The first-order chi connectivity index (χ1) is 15.1. The quantitative estimate of drug-likeness (QED) is 0.382. The van der Waals surface area contributed by atoms with Gasteiger partial charge >= 0.3 is 5.91 Å². The Hall–Kier alpha value is -2.03. The first-order valence-corrected chi connectivity index (χ1v) is 12.6. The molecule has 2 aromatic heterocycles. The lowest BCUT2D eigenvalue weighted by Gasteiger charge is -2.40. The largest absolute Gasteiger partial charge is 0.493 e. The van der Waals surface area contributed by atoms with E-state index in [0.29, 0.717) is 34.1 Å². The summed E-state index contributed by atoms with van der Waals surface area (Å²) in [7, 11) is 0. The molecule has 8 heteroatoms. The molecule has 168 valence electrons. The van der Waals surface area contributed by atoms with Gasteiger partial charge in [-0.25, -0.2) is 0 Å². The fraction of sp³-hybridized carbons (Fsp3) is 0.458. The number of hydrogen-bond donors (Lipinski definition) is 1. The van der Waals surface area contributed by atoms with Gasteiger partial charge in [-0.2, -0.15) is 0 Å². The molecule has 1 amide bonds. The molecule has 32 heavy (non-hydrogen) atoms. The van der Waals surface area contributed by atoms with Crippen LogP contribution in [0.4, 0.5) is 5.69 Å². The number of thiophene rings is 1. The zero-order valence-corrected chi connectivity index (χ0v) is 20.9. The third-order valence-corrected chi connectivity index (χ3v) is 8.14. The van der Waals surface area contributed by atoms with Crippen LogP contribution in [0.2, 0.25) is 0 Å². The van der Waals surface area contributed by atoms with Crippen molar-refractivity contribution in [3.05, 3.63) is 45.1 Å². The van der Waals surface area contributed by atoms with Gasteiger partial charge in [0.1, 0.15) is 0 Å². The standard InChI is InChI=1S/C24H27BrN4O2S/c1-23(2)10-16-11-24(3,12-23)13-28(16)14-29-18-7-6-15(25)9-17(18)20(22(29)31)26-27-21(30)19-5-4-8-32-19/h4-9,16,31H,10-14H2,1-3H3. The molecule has 2 fully saturated rings. The number of azo groups is 1.